The SMILES string of the molecule is N#Cc1c(NCCN)c2ccccc2n(-c2ccc([N+](=O)[O-])cc2)c1=O. The van der Waals surface area contributed by atoms with Gasteiger partial charge in [-0.3, -0.25) is 19.5 Å². The van der Waals surface area contributed by atoms with E-state index >= 15 is 0 Å². The smallest absolute Gasteiger partial charge is 0.275 e. The van der Waals surface area contributed by atoms with Crippen LogP contribution in [0.4, 0.5) is 11.4 Å². The molecule has 130 valence electrons. The zero-order chi connectivity index (χ0) is 18.7. The molecule has 3 aromatic rings. The summed E-state index contributed by atoms with van der Waals surface area (Å²) in [6, 6.07) is 14.7. The van der Waals surface area contributed by atoms with Gasteiger partial charge >= 0.3 is 0 Å². The molecule has 2 aromatic carbocycles. The Morgan fingerprint density at radius 1 is 1.19 bits per heavy atom. The quantitative estimate of drug-likeness (QED) is 0.536. The molecule has 0 amide bonds. The number of fused-ring (bicyclic) bond motifs is 1. The van der Waals surface area contributed by atoms with E-state index < -0.39 is 10.5 Å². The Morgan fingerprint density at radius 2 is 1.88 bits per heavy atom. The number of nitrogens with one attached hydrogen (secondary N) is 1. The molecule has 0 radical (unpaired) electrons. The molecule has 1 aromatic heterocycles. The van der Waals surface area contributed by atoms with Crippen LogP contribution in [-0.2, 0) is 0 Å². The van der Waals surface area contributed by atoms with Gasteiger partial charge in [0.2, 0.25) is 0 Å². The van der Waals surface area contributed by atoms with Gasteiger partial charge < -0.3 is 11.1 Å². The van der Waals surface area contributed by atoms with Crippen LogP contribution in [0.25, 0.3) is 16.6 Å². The third-order valence-electron chi connectivity index (χ3n) is 3.96. The molecule has 0 bridgehead atoms. The van der Waals surface area contributed by atoms with Crippen LogP contribution in [0.1, 0.15) is 5.56 Å². The number of hydrogen-bond donors (Lipinski definition) is 2. The van der Waals surface area contributed by atoms with E-state index in [4.69, 9.17) is 5.73 Å². The number of non-ortho nitro benzene ring substituents is 1. The second-order valence-electron chi connectivity index (χ2n) is 5.51. The predicted octanol–water partition coefficient (Wildman–Crippen LogP) is 2.14. The van der Waals surface area contributed by atoms with Crippen LogP contribution in [0.3, 0.4) is 0 Å². The number of rotatable bonds is 5. The number of nitrogens with zero attached hydrogens (tertiary/aromatic N) is 3. The first-order chi connectivity index (χ1) is 12.6. The summed E-state index contributed by atoms with van der Waals surface area (Å²) in [5, 5.41) is 24.1. The summed E-state index contributed by atoms with van der Waals surface area (Å²) in [5.41, 5.74) is 6.39. The lowest BCUT2D eigenvalue weighted by atomic mass is 10.1. The molecule has 0 fully saturated rings. The van der Waals surface area contributed by atoms with Crippen molar-refractivity contribution in [2.24, 2.45) is 5.73 Å². The van der Waals surface area contributed by atoms with Crippen LogP contribution in [0.2, 0.25) is 0 Å². The standard InChI is InChI=1S/C18H15N5O3/c19-9-10-21-17-14-3-1-2-4-16(14)22(18(24)15(17)11-20)12-5-7-13(8-6-12)23(25)26/h1-8,21H,9-10,19H2. The van der Waals surface area contributed by atoms with Crippen molar-refractivity contribution in [1.29, 1.82) is 5.26 Å². The lowest BCUT2D eigenvalue weighted by molar-refractivity contribution is -0.384. The summed E-state index contributed by atoms with van der Waals surface area (Å²) in [4.78, 5) is 23.3. The first-order valence-corrected chi connectivity index (χ1v) is 7.85. The monoisotopic (exact) mass is 349 g/mol. The maximum atomic E-state index is 13.0. The van der Waals surface area contributed by atoms with Crippen molar-refractivity contribution in [3.8, 4) is 11.8 Å². The second kappa shape index (κ2) is 7.04. The molecular weight excluding hydrogens is 334 g/mol. The van der Waals surface area contributed by atoms with Crippen LogP contribution in [0.5, 0.6) is 0 Å². The minimum atomic E-state index is -0.509. The highest BCUT2D eigenvalue weighted by atomic mass is 16.6. The Morgan fingerprint density at radius 3 is 2.50 bits per heavy atom. The van der Waals surface area contributed by atoms with Crippen LogP contribution in [0, 0.1) is 21.4 Å². The second-order valence-corrected chi connectivity index (χ2v) is 5.51. The highest BCUT2D eigenvalue weighted by molar-refractivity contribution is 5.95. The van der Waals surface area contributed by atoms with E-state index in [-0.39, 0.29) is 11.3 Å². The van der Waals surface area contributed by atoms with Gasteiger partial charge in [-0.1, -0.05) is 18.2 Å². The van der Waals surface area contributed by atoms with Crippen molar-refractivity contribution in [2.75, 3.05) is 18.4 Å². The largest absolute Gasteiger partial charge is 0.382 e. The van der Waals surface area contributed by atoms with Crippen LogP contribution in [-0.4, -0.2) is 22.6 Å². The fraction of sp³-hybridized carbons (Fsp3) is 0.111. The van der Waals surface area contributed by atoms with Gasteiger partial charge in [0.15, 0.2) is 0 Å². The summed E-state index contributed by atoms with van der Waals surface area (Å²) >= 11 is 0. The van der Waals surface area contributed by atoms with Crippen LogP contribution >= 0.6 is 0 Å². The molecule has 0 saturated carbocycles. The maximum absolute atomic E-state index is 13.0. The summed E-state index contributed by atoms with van der Waals surface area (Å²) in [5.74, 6) is 0. The molecule has 0 saturated heterocycles. The van der Waals surface area contributed by atoms with E-state index in [1.54, 1.807) is 18.2 Å². The average Bonchev–Trinajstić information content (AvgIpc) is 2.66. The molecule has 8 nitrogen and oxygen atoms in total. The number of nitriles is 1. The van der Waals surface area contributed by atoms with E-state index in [1.807, 2.05) is 12.1 Å². The Labute approximate surface area is 148 Å². The maximum Gasteiger partial charge on any atom is 0.275 e. The van der Waals surface area contributed by atoms with Crippen molar-refractivity contribution in [3.05, 3.63) is 74.6 Å². The normalized spacial score (nSPS) is 10.5. The highest BCUT2D eigenvalue weighted by Crippen LogP contribution is 2.27. The molecular formula is C18H15N5O3. The van der Waals surface area contributed by atoms with Gasteiger partial charge in [-0.05, 0) is 18.2 Å². The number of nitro groups is 1. The summed E-state index contributed by atoms with van der Waals surface area (Å²) < 4.78 is 1.38. The molecule has 0 atom stereocenters. The molecule has 0 aliphatic carbocycles. The third-order valence-corrected chi connectivity index (χ3v) is 3.96. The molecule has 26 heavy (non-hydrogen) atoms. The molecule has 0 spiro atoms. The first kappa shape index (κ1) is 17.1. The van der Waals surface area contributed by atoms with E-state index in [0.29, 0.717) is 35.4 Å². The zero-order valence-corrected chi connectivity index (χ0v) is 13.7. The van der Waals surface area contributed by atoms with Crippen molar-refractivity contribution >= 4 is 22.3 Å². The van der Waals surface area contributed by atoms with Gasteiger partial charge in [-0.2, -0.15) is 5.26 Å². The lowest BCUT2D eigenvalue weighted by Gasteiger charge is -2.16. The van der Waals surface area contributed by atoms with E-state index in [1.165, 1.54) is 28.8 Å². The summed E-state index contributed by atoms with van der Waals surface area (Å²) in [6.07, 6.45) is 0. The molecule has 3 N–H and O–H groups in total. The topological polar surface area (TPSA) is 127 Å². The Bertz CT molecular complexity index is 1080. The van der Waals surface area contributed by atoms with Gasteiger partial charge in [0.05, 0.1) is 16.1 Å². The highest BCUT2D eigenvalue weighted by Gasteiger charge is 2.17. The van der Waals surface area contributed by atoms with Crippen molar-refractivity contribution in [3.63, 3.8) is 0 Å². The van der Waals surface area contributed by atoms with E-state index in [0.717, 1.165) is 0 Å². The van der Waals surface area contributed by atoms with Gasteiger partial charge in [0.1, 0.15) is 11.6 Å². The zero-order valence-electron chi connectivity index (χ0n) is 13.7. The number of benzene rings is 2. The summed E-state index contributed by atoms with van der Waals surface area (Å²) in [6.45, 7) is 0.768. The van der Waals surface area contributed by atoms with Gasteiger partial charge in [0.25, 0.3) is 11.2 Å². The number of pyridine rings is 1. The van der Waals surface area contributed by atoms with Crippen molar-refractivity contribution in [2.45, 2.75) is 0 Å². The van der Waals surface area contributed by atoms with E-state index in [9.17, 15) is 20.2 Å². The number of para-hydroxylation sites is 1. The fourth-order valence-electron chi connectivity index (χ4n) is 2.81. The Kier molecular flexibility index (Phi) is 4.64. The number of nitrogens with two attached hydrogens (primary N) is 1. The lowest BCUT2D eigenvalue weighted by Crippen LogP contribution is -2.25. The minimum absolute atomic E-state index is 0.0319. The van der Waals surface area contributed by atoms with Gasteiger partial charge in [-0.25, -0.2) is 0 Å². The van der Waals surface area contributed by atoms with Crippen LogP contribution in [0.15, 0.2) is 53.3 Å². The van der Waals surface area contributed by atoms with Crippen molar-refractivity contribution < 1.29 is 4.92 Å². The molecule has 0 aliphatic rings. The molecule has 8 heteroatoms. The molecule has 3 rings (SSSR count). The Hall–Kier alpha value is -3.70. The fourth-order valence-corrected chi connectivity index (χ4v) is 2.81. The number of aromatic nitrogens is 1. The van der Waals surface area contributed by atoms with Crippen LogP contribution < -0.4 is 16.6 Å². The number of anilines is 1. The minimum Gasteiger partial charge on any atom is -0.382 e. The Balaban J connectivity index is 2.33. The van der Waals surface area contributed by atoms with E-state index in [2.05, 4.69) is 5.32 Å². The predicted molar refractivity (Wildman–Crippen MR) is 98.5 cm³/mol. The molecule has 0 unspecified atom stereocenters. The third kappa shape index (κ3) is 2.87. The van der Waals surface area contributed by atoms with Gasteiger partial charge in [-0.15, -0.1) is 0 Å². The molecule has 0 aliphatic heterocycles. The van der Waals surface area contributed by atoms with Crippen molar-refractivity contribution in [1.82, 2.24) is 4.57 Å². The first-order valence-electron chi connectivity index (χ1n) is 7.85. The average molecular weight is 349 g/mol. The number of hydrogen-bond acceptors (Lipinski definition) is 6. The summed E-state index contributed by atoms with van der Waals surface area (Å²) in [7, 11) is 0. The molecule has 1 heterocycles. The number of nitro benzene ring substituents is 1. The van der Waals surface area contributed by atoms with Gasteiger partial charge in [0, 0.05) is 36.3 Å².